The molecule has 1 aromatic carbocycles. The van der Waals surface area contributed by atoms with Crippen LogP contribution in [0.2, 0.25) is 0 Å². The van der Waals surface area contributed by atoms with Crippen LogP contribution in [0.5, 0.6) is 5.75 Å². The van der Waals surface area contributed by atoms with Gasteiger partial charge in [0, 0.05) is 5.54 Å². The standard InChI is InChI=1S/C12H18N2O.2ClH/c1-15-11-4-2-10(3-5-11)12(13)6-8-14-9-7-12;;/h2-5,14H,6-9,13H2,1H3;2*1H. The monoisotopic (exact) mass is 278 g/mol. The highest BCUT2D eigenvalue weighted by molar-refractivity contribution is 5.85. The molecule has 0 aromatic heterocycles. The minimum Gasteiger partial charge on any atom is -0.497 e. The zero-order valence-corrected chi connectivity index (χ0v) is 11.6. The van der Waals surface area contributed by atoms with Crippen LogP contribution in [0.3, 0.4) is 0 Å². The van der Waals surface area contributed by atoms with Crippen molar-refractivity contribution in [3.63, 3.8) is 0 Å². The summed E-state index contributed by atoms with van der Waals surface area (Å²) >= 11 is 0. The maximum Gasteiger partial charge on any atom is 0.118 e. The minimum atomic E-state index is -0.155. The van der Waals surface area contributed by atoms with Gasteiger partial charge in [-0.05, 0) is 43.6 Å². The van der Waals surface area contributed by atoms with Gasteiger partial charge in [0.1, 0.15) is 5.75 Å². The Hall–Kier alpha value is -0.480. The molecule has 5 heteroatoms. The highest BCUT2D eigenvalue weighted by Crippen LogP contribution is 2.28. The fourth-order valence-corrected chi connectivity index (χ4v) is 2.08. The normalized spacial score (nSPS) is 17.5. The van der Waals surface area contributed by atoms with Crippen LogP contribution in [0.15, 0.2) is 24.3 Å². The lowest BCUT2D eigenvalue weighted by Crippen LogP contribution is -2.46. The zero-order chi connectivity index (χ0) is 10.7. The van der Waals surface area contributed by atoms with Gasteiger partial charge in [-0.1, -0.05) is 12.1 Å². The van der Waals surface area contributed by atoms with Crippen molar-refractivity contribution in [1.82, 2.24) is 5.32 Å². The molecular formula is C12H20Cl2N2O. The summed E-state index contributed by atoms with van der Waals surface area (Å²) in [6.45, 7) is 2.01. The highest BCUT2D eigenvalue weighted by atomic mass is 35.5. The van der Waals surface area contributed by atoms with E-state index in [0.29, 0.717) is 0 Å². The zero-order valence-electron chi connectivity index (χ0n) is 9.94. The van der Waals surface area contributed by atoms with Gasteiger partial charge in [0.15, 0.2) is 0 Å². The minimum absolute atomic E-state index is 0. The molecule has 3 N–H and O–H groups in total. The SMILES string of the molecule is COc1ccc(C2(N)CCNCC2)cc1.Cl.Cl. The van der Waals surface area contributed by atoms with Crippen LogP contribution >= 0.6 is 24.8 Å². The van der Waals surface area contributed by atoms with E-state index >= 15 is 0 Å². The molecule has 98 valence electrons. The molecule has 1 heterocycles. The number of piperidine rings is 1. The topological polar surface area (TPSA) is 47.3 Å². The molecule has 0 atom stereocenters. The van der Waals surface area contributed by atoms with E-state index in [9.17, 15) is 0 Å². The summed E-state index contributed by atoms with van der Waals surface area (Å²) in [4.78, 5) is 0. The van der Waals surface area contributed by atoms with E-state index in [-0.39, 0.29) is 30.4 Å². The second-order valence-electron chi connectivity index (χ2n) is 4.13. The Kier molecular flexibility index (Phi) is 6.87. The molecule has 1 aliphatic heterocycles. The van der Waals surface area contributed by atoms with Crippen molar-refractivity contribution in [2.75, 3.05) is 20.2 Å². The molecule has 0 bridgehead atoms. The maximum atomic E-state index is 6.39. The lowest BCUT2D eigenvalue weighted by molar-refractivity contribution is 0.317. The third kappa shape index (κ3) is 3.75. The number of halogens is 2. The first kappa shape index (κ1) is 16.5. The molecule has 1 fully saturated rings. The summed E-state index contributed by atoms with van der Waals surface area (Å²) in [5, 5.41) is 3.33. The quantitative estimate of drug-likeness (QED) is 0.871. The van der Waals surface area contributed by atoms with Crippen LogP contribution in [-0.4, -0.2) is 20.2 Å². The van der Waals surface area contributed by atoms with Gasteiger partial charge in [-0.25, -0.2) is 0 Å². The van der Waals surface area contributed by atoms with Crippen molar-refractivity contribution in [1.29, 1.82) is 0 Å². The number of hydrogen-bond donors (Lipinski definition) is 2. The summed E-state index contributed by atoms with van der Waals surface area (Å²) in [7, 11) is 1.68. The molecule has 3 nitrogen and oxygen atoms in total. The van der Waals surface area contributed by atoms with E-state index in [2.05, 4.69) is 17.4 Å². The van der Waals surface area contributed by atoms with E-state index in [1.165, 1.54) is 5.56 Å². The number of nitrogens with two attached hydrogens (primary N) is 1. The predicted octanol–water partition coefficient (Wildman–Crippen LogP) is 2.08. The van der Waals surface area contributed by atoms with Crippen LogP contribution < -0.4 is 15.8 Å². The van der Waals surface area contributed by atoms with E-state index in [1.54, 1.807) is 7.11 Å². The van der Waals surface area contributed by atoms with Crippen molar-refractivity contribution in [3.05, 3.63) is 29.8 Å². The molecule has 0 unspecified atom stereocenters. The van der Waals surface area contributed by atoms with Gasteiger partial charge in [0.05, 0.1) is 7.11 Å². The number of nitrogens with one attached hydrogen (secondary N) is 1. The Morgan fingerprint density at radius 3 is 2.12 bits per heavy atom. The molecule has 1 saturated heterocycles. The smallest absolute Gasteiger partial charge is 0.118 e. The summed E-state index contributed by atoms with van der Waals surface area (Å²) in [6, 6.07) is 8.10. The predicted molar refractivity (Wildman–Crippen MR) is 75.5 cm³/mol. The van der Waals surface area contributed by atoms with E-state index in [1.807, 2.05) is 12.1 Å². The Bertz CT molecular complexity index is 324. The first-order valence-electron chi connectivity index (χ1n) is 5.39. The Morgan fingerprint density at radius 1 is 1.12 bits per heavy atom. The Balaban J connectivity index is 0.00000128. The van der Waals surface area contributed by atoms with Gasteiger partial charge in [-0.2, -0.15) is 0 Å². The van der Waals surface area contributed by atoms with Gasteiger partial charge in [-0.3, -0.25) is 0 Å². The number of ether oxygens (including phenoxy) is 1. The van der Waals surface area contributed by atoms with Crippen LogP contribution in [0.4, 0.5) is 0 Å². The number of methoxy groups -OCH3 is 1. The lowest BCUT2D eigenvalue weighted by atomic mass is 9.82. The van der Waals surface area contributed by atoms with Gasteiger partial charge < -0.3 is 15.8 Å². The molecule has 0 amide bonds. The fraction of sp³-hybridized carbons (Fsp3) is 0.500. The molecule has 0 radical (unpaired) electrons. The molecule has 0 saturated carbocycles. The van der Waals surface area contributed by atoms with Crippen molar-refractivity contribution in [2.45, 2.75) is 18.4 Å². The van der Waals surface area contributed by atoms with Crippen LogP contribution in [0, 0.1) is 0 Å². The highest BCUT2D eigenvalue weighted by Gasteiger charge is 2.28. The molecule has 0 aliphatic carbocycles. The molecule has 0 spiro atoms. The molecule has 2 rings (SSSR count). The first-order chi connectivity index (χ1) is 7.24. The van der Waals surface area contributed by atoms with Crippen molar-refractivity contribution < 1.29 is 4.74 Å². The Labute approximate surface area is 115 Å². The molecule has 1 aliphatic rings. The van der Waals surface area contributed by atoms with Crippen molar-refractivity contribution in [3.8, 4) is 5.75 Å². The Morgan fingerprint density at radius 2 is 1.65 bits per heavy atom. The first-order valence-corrected chi connectivity index (χ1v) is 5.39. The van der Waals surface area contributed by atoms with Gasteiger partial charge >= 0.3 is 0 Å². The average Bonchev–Trinajstić information content (AvgIpc) is 2.30. The fourth-order valence-electron chi connectivity index (χ4n) is 2.08. The lowest BCUT2D eigenvalue weighted by Gasteiger charge is -2.34. The summed E-state index contributed by atoms with van der Waals surface area (Å²) < 4.78 is 5.14. The van der Waals surface area contributed by atoms with Crippen LogP contribution in [-0.2, 0) is 5.54 Å². The number of hydrogen-bond acceptors (Lipinski definition) is 3. The second-order valence-corrected chi connectivity index (χ2v) is 4.13. The summed E-state index contributed by atoms with van der Waals surface area (Å²) in [5.41, 5.74) is 7.45. The van der Waals surface area contributed by atoms with Gasteiger partial charge in [-0.15, -0.1) is 24.8 Å². The van der Waals surface area contributed by atoms with E-state index in [4.69, 9.17) is 10.5 Å². The molecule has 17 heavy (non-hydrogen) atoms. The van der Waals surface area contributed by atoms with Gasteiger partial charge in [0.2, 0.25) is 0 Å². The van der Waals surface area contributed by atoms with Gasteiger partial charge in [0.25, 0.3) is 0 Å². The molecule has 1 aromatic rings. The maximum absolute atomic E-state index is 6.39. The van der Waals surface area contributed by atoms with Crippen molar-refractivity contribution >= 4 is 24.8 Å². The third-order valence-corrected chi connectivity index (χ3v) is 3.16. The third-order valence-electron chi connectivity index (χ3n) is 3.16. The molecular weight excluding hydrogens is 259 g/mol. The summed E-state index contributed by atoms with van der Waals surface area (Å²) in [5.74, 6) is 0.885. The van der Waals surface area contributed by atoms with Crippen LogP contribution in [0.1, 0.15) is 18.4 Å². The van der Waals surface area contributed by atoms with Crippen molar-refractivity contribution in [2.24, 2.45) is 5.73 Å². The van der Waals surface area contributed by atoms with Crippen LogP contribution in [0.25, 0.3) is 0 Å². The summed E-state index contributed by atoms with van der Waals surface area (Å²) in [6.07, 6.45) is 2.00. The number of rotatable bonds is 2. The number of benzene rings is 1. The largest absolute Gasteiger partial charge is 0.497 e. The van der Waals surface area contributed by atoms with E-state index in [0.717, 1.165) is 31.7 Å². The average molecular weight is 279 g/mol. The van der Waals surface area contributed by atoms with E-state index < -0.39 is 0 Å². The second kappa shape index (κ2) is 7.07.